The molecule has 0 unspecified atom stereocenters. The fourth-order valence-electron chi connectivity index (χ4n) is 2.50. The van der Waals surface area contributed by atoms with E-state index in [1.165, 1.54) is 37.4 Å². The van der Waals surface area contributed by atoms with Crippen LogP contribution in [0.15, 0.2) is 18.3 Å². The molecule has 23 heavy (non-hydrogen) atoms. The monoisotopic (exact) mass is 336 g/mol. The first-order valence-electron chi connectivity index (χ1n) is 7.98. The van der Waals surface area contributed by atoms with Crippen LogP contribution in [-0.4, -0.2) is 41.4 Å². The molecule has 0 spiro atoms. The van der Waals surface area contributed by atoms with Gasteiger partial charge < -0.3 is 16.0 Å². The van der Waals surface area contributed by atoms with Crippen molar-refractivity contribution in [3.63, 3.8) is 0 Å². The summed E-state index contributed by atoms with van der Waals surface area (Å²) < 4.78 is 0. The van der Waals surface area contributed by atoms with Crippen LogP contribution >= 0.6 is 11.8 Å². The summed E-state index contributed by atoms with van der Waals surface area (Å²) in [5, 5.41) is 2.82. The van der Waals surface area contributed by atoms with E-state index in [2.05, 4.69) is 15.2 Å². The molecular formula is C16H24N4O2S. The Hall–Kier alpha value is -1.76. The van der Waals surface area contributed by atoms with Crippen LogP contribution in [0.25, 0.3) is 0 Å². The molecule has 0 aliphatic carbocycles. The zero-order valence-corrected chi connectivity index (χ0v) is 14.1. The Labute approximate surface area is 141 Å². The van der Waals surface area contributed by atoms with Gasteiger partial charge in [-0.1, -0.05) is 18.9 Å². The molecule has 6 nitrogen and oxygen atoms in total. The van der Waals surface area contributed by atoms with Gasteiger partial charge in [0.25, 0.3) is 0 Å². The van der Waals surface area contributed by atoms with E-state index in [9.17, 15) is 9.59 Å². The number of thioether (sulfide) groups is 1. The molecule has 0 bridgehead atoms. The Bertz CT molecular complexity index is 513. The Kier molecular flexibility index (Phi) is 7.19. The molecule has 0 aromatic carbocycles. The average Bonchev–Trinajstić information content (AvgIpc) is 2.82. The lowest BCUT2D eigenvalue weighted by atomic mass is 10.2. The molecule has 2 rings (SSSR count). The number of carbonyl (C=O) groups excluding carboxylic acids is 2. The maximum Gasteiger partial charge on any atom is 0.230 e. The highest BCUT2D eigenvalue weighted by Gasteiger charge is 2.11. The lowest BCUT2D eigenvalue weighted by molar-refractivity contribution is -0.118. The molecule has 1 aliphatic heterocycles. The minimum Gasteiger partial charge on any atom is -0.369 e. The van der Waals surface area contributed by atoms with Crippen LogP contribution in [0.5, 0.6) is 0 Å². The predicted octanol–water partition coefficient (Wildman–Crippen LogP) is 1.30. The van der Waals surface area contributed by atoms with Gasteiger partial charge in [0, 0.05) is 25.8 Å². The van der Waals surface area contributed by atoms with E-state index in [0.29, 0.717) is 6.54 Å². The van der Waals surface area contributed by atoms with Crippen molar-refractivity contribution < 1.29 is 9.59 Å². The highest BCUT2D eigenvalue weighted by atomic mass is 32.2. The summed E-state index contributed by atoms with van der Waals surface area (Å²) >= 11 is 1.22. The van der Waals surface area contributed by atoms with Crippen LogP contribution < -0.4 is 16.0 Å². The molecule has 7 heteroatoms. The second-order valence-electron chi connectivity index (χ2n) is 5.66. The molecule has 1 fully saturated rings. The number of nitrogens with one attached hydrogen (secondary N) is 1. The molecule has 1 aromatic rings. The number of pyridine rings is 1. The van der Waals surface area contributed by atoms with Crippen LogP contribution in [0.2, 0.25) is 0 Å². The van der Waals surface area contributed by atoms with Gasteiger partial charge in [-0.15, -0.1) is 11.8 Å². The summed E-state index contributed by atoms with van der Waals surface area (Å²) in [5.74, 6) is 0.907. The summed E-state index contributed by atoms with van der Waals surface area (Å²) in [6.07, 6.45) is 6.87. The van der Waals surface area contributed by atoms with Gasteiger partial charge in [-0.05, 0) is 24.5 Å². The molecular weight excluding hydrogens is 312 g/mol. The van der Waals surface area contributed by atoms with Gasteiger partial charge in [0.05, 0.1) is 11.5 Å². The first-order chi connectivity index (χ1) is 11.1. The maximum absolute atomic E-state index is 11.6. The molecule has 126 valence electrons. The third-order valence-corrected chi connectivity index (χ3v) is 4.66. The van der Waals surface area contributed by atoms with Gasteiger partial charge in [0.2, 0.25) is 11.8 Å². The summed E-state index contributed by atoms with van der Waals surface area (Å²) in [5.41, 5.74) is 5.99. The van der Waals surface area contributed by atoms with Crippen LogP contribution in [0.1, 0.15) is 31.2 Å². The zero-order chi connectivity index (χ0) is 16.5. The lowest BCUT2D eigenvalue weighted by Gasteiger charge is -2.21. The number of rotatable bonds is 7. The Morgan fingerprint density at radius 1 is 1.17 bits per heavy atom. The molecule has 1 aliphatic rings. The van der Waals surface area contributed by atoms with E-state index < -0.39 is 5.91 Å². The highest BCUT2D eigenvalue weighted by molar-refractivity contribution is 8.00. The first kappa shape index (κ1) is 17.6. The largest absolute Gasteiger partial charge is 0.369 e. The van der Waals surface area contributed by atoms with Crippen LogP contribution in [0, 0.1) is 0 Å². The van der Waals surface area contributed by atoms with E-state index in [4.69, 9.17) is 5.73 Å². The smallest absolute Gasteiger partial charge is 0.230 e. The van der Waals surface area contributed by atoms with Crippen molar-refractivity contribution in [2.24, 2.45) is 5.73 Å². The fourth-order valence-corrected chi connectivity index (χ4v) is 3.09. The Morgan fingerprint density at radius 3 is 2.52 bits per heavy atom. The third-order valence-electron chi connectivity index (χ3n) is 3.71. The third kappa shape index (κ3) is 6.48. The molecule has 0 atom stereocenters. The van der Waals surface area contributed by atoms with Crippen molar-refractivity contribution in [3.05, 3.63) is 23.9 Å². The van der Waals surface area contributed by atoms with Crippen molar-refractivity contribution in [1.29, 1.82) is 0 Å². The molecule has 1 saturated heterocycles. The van der Waals surface area contributed by atoms with Crippen molar-refractivity contribution in [2.75, 3.05) is 29.5 Å². The van der Waals surface area contributed by atoms with Gasteiger partial charge in [-0.25, -0.2) is 4.98 Å². The Morgan fingerprint density at radius 2 is 1.91 bits per heavy atom. The van der Waals surface area contributed by atoms with Gasteiger partial charge in [-0.2, -0.15) is 0 Å². The number of nitrogens with zero attached hydrogens (tertiary/aromatic N) is 2. The van der Waals surface area contributed by atoms with Crippen molar-refractivity contribution >= 4 is 29.4 Å². The number of carbonyl (C=O) groups is 2. The minimum absolute atomic E-state index is 0.104. The van der Waals surface area contributed by atoms with Gasteiger partial charge in [-0.3, -0.25) is 9.59 Å². The average molecular weight is 336 g/mol. The normalized spacial score (nSPS) is 15.0. The molecule has 2 amide bonds. The molecule has 0 radical (unpaired) electrons. The molecule has 3 N–H and O–H groups in total. The van der Waals surface area contributed by atoms with Crippen molar-refractivity contribution in [1.82, 2.24) is 10.3 Å². The van der Waals surface area contributed by atoms with Crippen molar-refractivity contribution in [3.8, 4) is 0 Å². The van der Waals surface area contributed by atoms with E-state index in [1.807, 2.05) is 18.3 Å². The van der Waals surface area contributed by atoms with E-state index >= 15 is 0 Å². The van der Waals surface area contributed by atoms with Crippen LogP contribution in [0.4, 0.5) is 5.82 Å². The van der Waals surface area contributed by atoms with E-state index in [0.717, 1.165) is 24.5 Å². The quantitative estimate of drug-likeness (QED) is 0.783. The number of hydrogen-bond acceptors (Lipinski definition) is 5. The molecule has 2 heterocycles. The standard InChI is InChI=1S/C16H24N4O2S/c17-14(21)11-23-12-16(22)19-10-13-5-6-15(18-9-13)20-7-3-1-2-4-8-20/h5-6,9H,1-4,7-8,10-12H2,(H2,17,21)(H,19,22). The molecule has 0 saturated carbocycles. The zero-order valence-electron chi connectivity index (χ0n) is 13.3. The fraction of sp³-hybridized carbons (Fsp3) is 0.562. The number of nitrogens with two attached hydrogens (primary N) is 1. The summed E-state index contributed by atoms with van der Waals surface area (Å²) in [4.78, 5) is 29.1. The van der Waals surface area contributed by atoms with Crippen molar-refractivity contribution in [2.45, 2.75) is 32.2 Å². The van der Waals surface area contributed by atoms with Gasteiger partial charge in [0.15, 0.2) is 0 Å². The number of hydrogen-bond donors (Lipinski definition) is 2. The maximum atomic E-state index is 11.6. The number of anilines is 1. The summed E-state index contributed by atoms with van der Waals surface area (Å²) in [6, 6.07) is 4.03. The van der Waals surface area contributed by atoms with Gasteiger partial charge in [0.1, 0.15) is 5.82 Å². The summed E-state index contributed by atoms with van der Waals surface area (Å²) in [6.45, 7) is 2.59. The van der Waals surface area contributed by atoms with Gasteiger partial charge >= 0.3 is 0 Å². The number of aromatic nitrogens is 1. The SMILES string of the molecule is NC(=O)CSCC(=O)NCc1ccc(N2CCCCCC2)nc1. The van der Waals surface area contributed by atoms with Crippen LogP contribution in [0.3, 0.4) is 0 Å². The lowest BCUT2D eigenvalue weighted by Crippen LogP contribution is -2.26. The molecule has 1 aromatic heterocycles. The first-order valence-corrected chi connectivity index (χ1v) is 9.13. The second kappa shape index (κ2) is 9.39. The van der Waals surface area contributed by atoms with Crippen LogP contribution in [-0.2, 0) is 16.1 Å². The summed E-state index contributed by atoms with van der Waals surface area (Å²) in [7, 11) is 0. The second-order valence-corrected chi connectivity index (χ2v) is 6.65. The highest BCUT2D eigenvalue weighted by Crippen LogP contribution is 2.17. The topological polar surface area (TPSA) is 88.3 Å². The minimum atomic E-state index is -0.406. The Balaban J connectivity index is 1.76. The van der Waals surface area contributed by atoms with E-state index in [-0.39, 0.29) is 17.4 Å². The van der Waals surface area contributed by atoms with E-state index in [1.54, 1.807) is 0 Å². The predicted molar refractivity (Wildman–Crippen MR) is 93.3 cm³/mol. The number of primary amides is 1. The number of amides is 2.